The Kier molecular flexibility index (Phi) is 6.66. The van der Waals surface area contributed by atoms with Crippen molar-refractivity contribution in [2.24, 2.45) is 0 Å². The van der Waals surface area contributed by atoms with Gasteiger partial charge in [-0.3, -0.25) is 14.3 Å². The maximum atomic E-state index is 14.4. The number of halogens is 1. The molecule has 2 aliphatic heterocycles. The Labute approximate surface area is 206 Å². The van der Waals surface area contributed by atoms with Crippen LogP contribution in [0.2, 0.25) is 0 Å². The monoisotopic (exact) mass is 482 g/mol. The number of piperidine rings is 1. The molecule has 0 unspecified atom stereocenters. The molecule has 3 aliphatic rings. The van der Waals surface area contributed by atoms with Crippen molar-refractivity contribution in [1.82, 2.24) is 19.6 Å². The van der Waals surface area contributed by atoms with Gasteiger partial charge in [0.15, 0.2) is 5.69 Å². The van der Waals surface area contributed by atoms with E-state index in [2.05, 4.69) is 5.10 Å². The van der Waals surface area contributed by atoms with Gasteiger partial charge in [0.25, 0.3) is 5.91 Å². The molecular formula is C27H35FN4O3. The molecule has 35 heavy (non-hydrogen) atoms. The number of likely N-dealkylation sites (tertiary alicyclic amines) is 1. The summed E-state index contributed by atoms with van der Waals surface area (Å²) in [5.41, 5.74) is 4.29. The molecule has 0 radical (unpaired) electrons. The molecule has 1 aliphatic carbocycles. The van der Waals surface area contributed by atoms with E-state index in [-0.39, 0.29) is 42.3 Å². The van der Waals surface area contributed by atoms with Crippen LogP contribution in [0.25, 0.3) is 0 Å². The van der Waals surface area contributed by atoms with Crippen molar-refractivity contribution in [3.05, 3.63) is 52.1 Å². The lowest BCUT2D eigenvalue weighted by Crippen LogP contribution is -2.48. The second-order valence-corrected chi connectivity index (χ2v) is 10.4. The molecule has 3 heterocycles. The fourth-order valence-corrected chi connectivity index (χ4v) is 6.11. The third-order valence-corrected chi connectivity index (χ3v) is 7.73. The fourth-order valence-electron chi connectivity index (χ4n) is 6.11. The van der Waals surface area contributed by atoms with Gasteiger partial charge in [-0.05, 0) is 76.0 Å². The second-order valence-electron chi connectivity index (χ2n) is 10.4. The Hall–Kier alpha value is -2.74. The number of benzene rings is 1. The topological polar surface area (TPSA) is 67.7 Å². The smallest absolute Gasteiger partial charge is 0.274 e. The van der Waals surface area contributed by atoms with Crippen molar-refractivity contribution in [2.45, 2.75) is 77.5 Å². The first-order chi connectivity index (χ1) is 16.8. The van der Waals surface area contributed by atoms with Crippen molar-refractivity contribution in [2.75, 3.05) is 26.2 Å². The lowest BCUT2D eigenvalue weighted by molar-refractivity contribution is -0.133. The summed E-state index contributed by atoms with van der Waals surface area (Å²) in [5.74, 6) is -0.0594. The highest BCUT2D eigenvalue weighted by Gasteiger charge is 2.34. The van der Waals surface area contributed by atoms with Crippen LogP contribution in [-0.4, -0.2) is 69.8 Å². The average Bonchev–Trinajstić information content (AvgIpc) is 3.42. The van der Waals surface area contributed by atoms with Crippen LogP contribution in [0.5, 0.6) is 0 Å². The van der Waals surface area contributed by atoms with Crippen molar-refractivity contribution in [3.63, 3.8) is 0 Å². The number of hydrogen-bond acceptors (Lipinski definition) is 4. The Morgan fingerprint density at radius 1 is 1.09 bits per heavy atom. The molecule has 8 heteroatoms. The Morgan fingerprint density at radius 2 is 1.80 bits per heavy atom. The number of amides is 2. The van der Waals surface area contributed by atoms with Crippen LogP contribution < -0.4 is 0 Å². The highest BCUT2D eigenvalue weighted by atomic mass is 19.1. The van der Waals surface area contributed by atoms with E-state index >= 15 is 0 Å². The van der Waals surface area contributed by atoms with Crippen LogP contribution in [0.3, 0.4) is 0 Å². The van der Waals surface area contributed by atoms with E-state index in [1.54, 1.807) is 10.7 Å². The lowest BCUT2D eigenvalue weighted by Gasteiger charge is -2.35. The van der Waals surface area contributed by atoms with Gasteiger partial charge in [0, 0.05) is 37.4 Å². The molecule has 2 saturated heterocycles. The fraction of sp³-hybridized carbons (Fsp3) is 0.593. The minimum Gasteiger partial charge on any atom is -0.372 e. The zero-order valence-corrected chi connectivity index (χ0v) is 20.9. The zero-order chi connectivity index (χ0) is 24.7. The molecule has 188 valence electrons. The number of nitrogens with zero attached hydrogens (tertiary/aromatic N) is 4. The number of carbonyl (C=O) groups excluding carboxylic acids is 2. The number of morpholine rings is 1. The van der Waals surface area contributed by atoms with Crippen LogP contribution in [0, 0.1) is 12.7 Å². The molecule has 1 aromatic heterocycles. The quantitative estimate of drug-likeness (QED) is 0.669. The molecule has 1 aromatic carbocycles. The molecule has 0 N–H and O–H groups in total. The number of carbonyl (C=O) groups is 2. The van der Waals surface area contributed by atoms with Crippen LogP contribution in [0.4, 0.5) is 4.39 Å². The highest BCUT2D eigenvalue weighted by Crippen LogP contribution is 2.32. The van der Waals surface area contributed by atoms with E-state index in [4.69, 9.17) is 4.74 Å². The maximum absolute atomic E-state index is 14.4. The lowest BCUT2D eigenvalue weighted by atomic mass is 9.86. The summed E-state index contributed by atoms with van der Waals surface area (Å²) < 4.78 is 22.0. The van der Waals surface area contributed by atoms with Gasteiger partial charge in [0.05, 0.1) is 12.2 Å². The third kappa shape index (κ3) is 4.73. The van der Waals surface area contributed by atoms with Gasteiger partial charge < -0.3 is 14.5 Å². The summed E-state index contributed by atoms with van der Waals surface area (Å²) in [7, 11) is 0. The molecule has 0 bridgehead atoms. The van der Waals surface area contributed by atoms with Crippen LogP contribution in [0.1, 0.15) is 71.9 Å². The van der Waals surface area contributed by atoms with Crippen molar-refractivity contribution >= 4 is 11.8 Å². The third-order valence-electron chi connectivity index (χ3n) is 7.73. The number of aromatic nitrogens is 2. The number of hydrogen-bond donors (Lipinski definition) is 0. The first-order valence-electron chi connectivity index (χ1n) is 12.9. The number of fused-ring (bicyclic) bond motifs is 1. The van der Waals surface area contributed by atoms with Crippen molar-refractivity contribution in [3.8, 4) is 0 Å². The first kappa shape index (κ1) is 24.0. The molecule has 7 nitrogen and oxygen atoms in total. The minimum atomic E-state index is -0.150. The van der Waals surface area contributed by atoms with Gasteiger partial charge in [0.1, 0.15) is 12.4 Å². The van der Waals surface area contributed by atoms with Gasteiger partial charge in [-0.25, -0.2) is 4.39 Å². The standard InChI is InChI=1S/C27H35FN4O3/c1-17-6-4-8-22(28)25(17)20-10-12-30(13-11-20)24(33)16-32-23-9-5-7-21(23)26(29-32)27(34)31-14-18(2)35-19(3)15-31/h4,6,8,18-20H,5,7,9-16H2,1-3H3/t18-,19+. The summed E-state index contributed by atoms with van der Waals surface area (Å²) in [6, 6.07) is 5.22. The van der Waals surface area contributed by atoms with E-state index in [1.165, 1.54) is 6.07 Å². The first-order valence-corrected chi connectivity index (χ1v) is 12.9. The summed E-state index contributed by atoms with van der Waals surface area (Å²) >= 11 is 0. The molecule has 0 saturated carbocycles. The van der Waals surface area contributed by atoms with E-state index in [0.717, 1.165) is 54.5 Å². The normalized spacial score (nSPS) is 23.0. The molecule has 5 rings (SSSR count). The Morgan fingerprint density at radius 3 is 2.49 bits per heavy atom. The molecule has 2 amide bonds. The van der Waals surface area contributed by atoms with Gasteiger partial charge in [0.2, 0.25) is 5.91 Å². The largest absolute Gasteiger partial charge is 0.372 e. The molecule has 2 fully saturated rings. The maximum Gasteiger partial charge on any atom is 0.274 e. The Balaban J connectivity index is 1.26. The van der Waals surface area contributed by atoms with Crippen molar-refractivity contribution < 1.29 is 18.7 Å². The molecule has 0 spiro atoms. The van der Waals surface area contributed by atoms with Gasteiger partial charge >= 0.3 is 0 Å². The SMILES string of the molecule is Cc1cccc(F)c1C1CCN(C(=O)Cn2nc(C(=O)N3C[C@@H](C)O[C@@H](C)C3)c3c2CCC3)CC1. The summed E-state index contributed by atoms with van der Waals surface area (Å²) in [6.45, 7) is 8.38. The van der Waals surface area contributed by atoms with Crippen LogP contribution in [-0.2, 0) is 28.9 Å². The van der Waals surface area contributed by atoms with Crippen molar-refractivity contribution in [1.29, 1.82) is 0 Å². The summed E-state index contributed by atoms with van der Waals surface area (Å²) in [5, 5.41) is 4.67. The summed E-state index contributed by atoms with van der Waals surface area (Å²) in [4.78, 5) is 30.2. The second kappa shape index (κ2) is 9.72. The number of rotatable bonds is 4. The van der Waals surface area contributed by atoms with E-state index in [0.29, 0.717) is 31.9 Å². The average molecular weight is 483 g/mol. The molecule has 2 aromatic rings. The van der Waals surface area contributed by atoms with Gasteiger partial charge in [-0.15, -0.1) is 0 Å². The van der Waals surface area contributed by atoms with Crippen LogP contribution >= 0.6 is 0 Å². The van der Waals surface area contributed by atoms with E-state index < -0.39 is 0 Å². The predicted octanol–water partition coefficient (Wildman–Crippen LogP) is 3.47. The van der Waals surface area contributed by atoms with E-state index in [1.807, 2.05) is 36.6 Å². The minimum absolute atomic E-state index is 0.00418. The number of ether oxygens (including phenoxy) is 1. The highest BCUT2D eigenvalue weighted by molar-refractivity contribution is 5.94. The summed E-state index contributed by atoms with van der Waals surface area (Å²) in [6.07, 6.45) is 4.14. The van der Waals surface area contributed by atoms with Crippen LogP contribution in [0.15, 0.2) is 18.2 Å². The zero-order valence-electron chi connectivity index (χ0n) is 20.9. The Bertz CT molecular complexity index is 1090. The van der Waals surface area contributed by atoms with Gasteiger partial charge in [-0.2, -0.15) is 5.10 Å². The molecular weight excluding hydrogens is 447 g/mol. The van der Waals surface area contributed by atoms with Gasteiger partial charge in [-0.1, -0.05) is 12.1 Å². The number of aryl methyl sites for hydroxylation is 1. The predicted molar refractivity (Wildman–Crippen MR) is 130 cm³/mol. The molecule has 2 atom stereocenters. The van der Waals surface area contributed by atoms with E-state index in [9.17, 15) is 14.0 Å².